The molecule has 6 heteroatoms. The number of amides is 1. The van der Waals surface area contributed by atoms with Crippen LogP contribution in [0.25, 0.3) is 0 Å². The lowest BCUT2D eigenvalue weighted by Gasteiger charge is -2.20. The molecule has 2 rings (SSSR count). The van der Waals surface area contributed by atoms with Crippen molar-refractivity contribution in [1.82, 2.24) is 0 Å². The molecule has 1 aromatic rings. The first kappa shape index (κ1) is 15.4. The average Bonchev–Trinajstić information content (AvgIpc) is 2.77. The fourth-order valence-corrected chi connectivity index (χ4v) is 3.28. The number of rotatable bonds is 4. The van der Waals surface area contributed by atoms with Crippen LogP contribution in [0.2, 0.25) is 0 Å². The maximum absolute atomic E-state index is 12.2. The van der Waals surface area contributed by atoms with Gasteiger partial charge in [-0.05, 0) is 24.1 Å². The smallest absolute Gasteiger partial charge is 0.227 e. The third-order valence-electron chi connectivity index (χ3n) is 3.16. The number of carbonyl (C=O) groups is 2. The van der Waals surface area contributed by atoms with Crippen molar-refractivity contribution < 1.29 is 14.3 Å². The van der Waals surface area contributed by atoms with Crippen molar-refractivity contribution in [2.75, 3.05) is 24.3 Å². The first-order valence-electron chi connectivity index (χ1n) is 6.28. The average molecular weight is 358 g/mol. The first-order valence-corrected chi connectivity index (χ1v) is 8.06. The van der Waals surface area contributed by atoms with Crippen molar-refractivity contribution >= 4 is 44.4 Å². The molecule has 20 heavy (non-hydrogen) atoms. The van der Waals surface area contributed by atoms with Gasteiger partial charge in [-0.2, -0.15) is 0 Å². The molecule has 0 spiro atoms. The normalized spacial score (nSPS) is 18.4. The Labute approximate surface area is 131 Å². The largest absolute Gasteiger partial charge is 0.495 e. The number of anilines is 1. The molecule has 0 saturated carbocycles. The predicted octanol–water partition coefficient (Wildman–Crippen LogP) is 3.09. The van der Waals surface area contributed by atoms with Gasteiger partial charge in [0.15, 0.2) is 5.12 Å². The minimum Gasteiger partial charge on any atom is -0.495 e. The number of thioether (sulfide) groups is 1. The van der Waals surface area contributed by atoms with Gasteiger partial charge in [0.1, 0.15) is 5.75 Å². The molecule has 1 fully saturated rings. The van der Waals surface area contributed by atoms with Gasteiger partial charge in [-0.3, -0.25) is 9.59 Å². The first-order chi connectivity index (χ1) is 9.51. The number of benzene rings is 1. The molecule has 1 amide bonds. The molecule has 0 N–H and O–H groups in total. The second-order valence-electron chi connectivity index (χ2n) is 4.69. The van der Waals surface area contributed by atoms with Crippen LogP contribution in [0, 0.1) is 5.92 Å². The molecule has 1 aromatic carbocycles. The van der Waals surface area contributed by atoms with E-state index in [0.29, 0.717) is 24.5 Å². The molecular weight excluding hydrogens is 342 g/mol. The number of halogens is 1. The van der Waals surface area contributed by atoms with E-state index in [1.54, 1.807) is 18.9 Å². The molecule has 1 aliphatic heterocycles. The maximum atomic E-state index is 12.2. The van der Waals surface area contributed by atoms with Crippen molar-refractivity contribution in [3.63, 3.8) is 0 Å². The SMILES string of the molecule is COc1ccc(Br)cc1N1CC(CSC(C)=O)CC1=O. The maximum Gasteiger partial charge on any atom is 0.227 e. The standard InChI is InChI=1S/C14H16BrNO3S/c1-9(17)20-8-10-5-14(18)16(7-10)12-6-11(15)3-4-13(12)19-2/h3-4,6,10H,5,7-8H2,1-2H3. The molecule has 0 aromatic heterocycles. The van der Waals surface area contributed by atoms with E-state index >= 15 is 0 Å². The third kappa shape index (κ3) is 3.55. The summed E-state index contributed by atoms with van der Waals surface area (Å²) in [6, 6.07) is 5.60. The molecule has 1 atom stereocenters. The van der Waals surface area contributed by atoms with Gasteiger partial charge in [-0.25, -0.2) is 0 Å². The number of hydrogen-bond donors (Lipinski definition) is 0. The van der Waals surface area contributed by atoms with Gasteiger partial charge in [-0.15, -0.1) is 0 Å². The van der Waals surface area contributed by atoms with E-state index in [4.69, 9.17) is 4.74 Å². The molecule has 1 saturated heterocycles. The summed E-state index contributed by atoms with van der Waals surface area (Å²) >= 11 is 4.70. The second kappa shape index (κ2) is 6.63. The van der Waals surface area contributed by atoms with Gasteiger partial charge in [0.25, 0.3) is 0 Å². The quantitative estimate of drug-likeness (QED) is 0.830. The van der Waals surface area contributed by atoms with E-state index in [-0.39, 0.29) is 16.9 Å². The van der Waals surface area contributed by atoms with Crippen molar-refractivity contribution in [3.05, 3.63) is 22.7 Å². The van der Waals surface area contributed by atoms with E-state index in [1.807, 2.05) is 18.2 Å². The number of nitrogens with zero attached hydrogens (tertiary/aromatic N) is 1. The van der Waals surface area contributed by atoms with Crippen molar-refractivity contribution in [1.29, 1.82) is 0 Å². The Bertz CT molecular complexity index is 535. The zero-order valence-electron chi connectivity index (χ0n) is 11.4. The van der Waals surface area contributed by atoms with Crippen LogP contribution in [0.4, 0.5) is 5.69 Å². The molecule has 1 heterocycles. The lowest BCUT2D eigenvalue weighted by atomic mass is 10.1. The zero-order valence-corrected chi connectivity index (χ0v) is 13.8. The lowest BCUT2D eigenvalue weighted by molar-refractivity contribution is -0.117. The summed E-state index contributed by atoms with van der Waals surface area (Å²) in [7, 11) is 1.59. The lowest BCUT2D eigenvalue weighted by Crippen LogP contribution is -2.25. The summed E-state index contributed by atoms with van der Waals surface area (Å²) in [6.45, 7) is 2.18. The van der Waals surface area contributed by atoms with Crippen LogP contribution in [-0.2, 0) is 9.59 Å². The Morgan fingerprint density at radius 1 is 1.55 bits per heavy atom. The predicted molar refractivity (Wildman–Crippen MR) is 84.3 cm³/mol. The molecule has 1 unspecified atom stereocenters. The molecule has 108 valence electrons. The number of ether oxygens (including phenoxy) is 1. The summed E-state index contributed by atoms with van der Waals surface area (Å²) in [5, 5.41) is 0.0935. The van der Waals surface area contributed by atoms with E-state index in [2.05, 4.69) is 15.9 Å². The minimum atomic E-state index is 0.0792. The summed E-state index contributed by atoms with van der Waals surface area (Å²) in [4.78, 5) is 24.9. The Hall–Kier alpha value is -1.01. The van der Waals surface area contributed by atoms with Crippen LogP contribution in [0.1, 0.15) is 13.3 Å². The van der Waals surface area contributed by atoms with Crippen LogP contribution < -0.4 is 9.64 Å². The fourth-order valence-electron chi connectivity index (χ4n) is 2.24. The van der Waals surface area contributed by atoms with Crippen LogP contribution >= 0.6 is 27.7 Å². The third-order valence-corrected chi connectivity index (χ3v) is 4.70. The minimum absolute atomic E-state index is 0.0792. The summed E-state index contributed by atoms with van der Waals surface area (Å²) in [6.07, 6.45) is 0.482. The van der Waals surface area contributed by atoms with Crippen LogP contribution in [0.5, 0.6) is 5.75 Å². The monoisotopic (exact) mass is 357 g/mol. The van der Waals surface area contributed by atoms with E-state index < -0.39 is 0 Å². The highest BCUT2D eigenvalue weighted by molar-refractivity contribution is 9.10. The highest BCUT2D eigenvalue weighted by Gasteiger charge is 2.32. The van der Waals surface area contributed by atoms with Crippen LogP contribution in [-0.4, -0.2) is 30.4 Å². The Morgan fingerprint density at radius 2 is 2.30 bits per heavy atom. The molecule has 1 aliphatic rings. The molecule has 0 aliphatic carbocycles. The van der Waals surface area contributed by atoms with Crippen LogP contribution in [0.3, 0.4) is 0 Å². The number of methoxy groups -OCH3 is 1. The van der Waals surface area contributed by atoms with Gasteiger partial charge >= 0.3 is 0 Å². The van der Waals surface area contributed by atoms with Gasteiger partial charge in [-0.1, -0.05) is 27.7 Å². The topological polar surface area (TPSA) is 46.6 Å². The number of carbonyl (C=O) groups excluding carboxylic acids is 2. The Balaban J connectivity index is 2.15. The summed E-state index contributed by atoms with van der Waals surface area (Å²) in [5.74, 6) is 1.66. The van der Waals surface area contributed by atoms with E-state index in [1.165, 1.54) is 11.8 Å². The Kier molecular flexibility index (Phi) is 5.10. The highest BCUT2D eigenvalue weighted by Crippen LogP contribution is 2.35. The fraction of sp³-hybridized carbons (Fsp3) is 0.429. The van der Waals surface area contributed by atoms with Crippen LogP contribution in [0.15, 0.2) is 22.7 Å². The zero-order chi connectivity index (χ0) is 14.7. The number of hydrogen-bond acceptors (Lipinski definition) is 4. The van der Waals surface area contributed by atoms with Crippen molar-refractivity contribution in [2.45, 2.75) is 13.3 Å². The summed E-state index contributed by atoms with van der Waals surface area (Å²) < 4.78 is 6.23. The molecular formula is C14H16BrNO3S. The van der Waals surface area contributed by atoms with Gasteiger partial charge in [0, 0.05) is 30.1 Å². The van der Waals surface area contributed by atoms with Gasteiger partial charge in [0.2, 0.25) is 5.91 Å². The van der Waals surface area contributed by atoms with Crippen molar-refractivity contribution in [3.8, 4) is 5.75 Å². The van der Waals surface area contributed by atoms with Gasteiger partial charge < -0.3 is 9.64 Å². The molecule has 0 bridgehead atoms. The van der Waals surface area contributed by atoms with Crippen molar-refractivity contribution in [2.24, 2.45) is 5.92 Å². The second-order valence-corrected chi connectivity index (χ2v) is 6.81. The van der Waals surface area contributed by atoms with E-state index in [0.717, 1.165) is 10.2 Å². The summed E-state index contributed by atoms with van der Waals surface area (Å²) in [5.41, 5.74) is 0.780. The van der Waals surface area contributed by atoms with E-state index in [9.17, 15) is 9.59 Å². The Morgan fingerprint density at radius 3 is 2.95 bits per heavy atom. The molecule has 0 radical (unpaired) electrons. The van der Waals surface area contributed by atoms with Gasteiger partial charge in [0.05, 0.1) is 12.8 Å². The molecule has 4 nitrogen and oxygen atoms in total. The highest BCUT2D eigenvalue weighted by atomic mass is 79.9.